The maximum Gasteiger partial charge on any atom is 0.181 e. The molecular weight excluding hydrogens is 268 g/mol. The molecule has 20 heavy (non-hydrogen) atoms. The van der Waals surface area contributed by atoms with Gasteiger partial charge in [-0.15, -0.1) is 0 Å². The van der Waals surface area contributed by atoms with Gasteiger partial charge in [0, 0.05) is 5.69 Å². The van der Waals surface area contributed by atoms with Crippen LogP contribution in [0.2, 0.25) is 0 Å². The summed E-state index contributed by atoms with van der Waals surface area (Å²) in [7, 11) is 0. The molecule has 1 aromatic heterocycles. The second-order valence-corrected chi connectivity index (χ2v) is 5.91. The molecule has 1 aromatic carbocycles. The maximum absolute atomic E-state index is 5.40. The van der Waals surface area contributed by atoms with Gasteiger partial charge in [-0.05, 0) is 18.6 Å². The molecule has 4 heteroatoms. The first-order chi connectivity index (χ1) is 9.88. The smallest absolute Gasteiger partial charge is 0.181 e. The van der Waals surface area contributed by atoms with Crippen molar-refractivity contribution in [3.8, 4) is 0 Å². The fourth-order valence-corrected chi connectivity index (χ4v) is 3.43. The minimum atomic E-state index is 0.387. The number of benzene rings is 1. The van der Waals surface area contributed by atoms with Crippen molar-refractivity contribution in [1.82, 2.24) is 4.98 Å². The Balaban J connectivity index is 1.86. The molecule has 3 rings (SSSR count). The number of hydrogen-bond donors (Lipinski definition) is 0. The SMILES string of the molecule is CCCCC1SC(c2cnco2)=[C]N1c1ccccc1. The third-order valence-corrected chi connectivity index (χ3v) is 4.51. The maximum atomic E-state index is 5.40. The molecule has 2 aromatic rings. The first-order valence-corrected chi connectivity index (χ1v) is 7.80. The third kappa shape index (κ3) is 2.75. The Labute approximate surface area is 123 Å². The average Bonchev–Trinajstić information content (AvgIpc) is 3.15. The highest BCUT2D eigenvalue weighted by molar-refractivity contribution is 8.09. The Hall–Kier alpha value is -1.68. The van der Waals surface area contributed by atoms with Crippen molar-refractivity contribution in [1.29, 1.82) is 0 Å². The second-order valence-electron chi connectivity index (χ2n) is 4.73. The minimum absolute atomic E-state index is 0.387. The van der Waals surface area contributed by atoms with Crippen LogP contribution in [0.5, 0.6) is 0 Å². The summed E-state index contributed by atoms with van der Waals surface area (Å²) in [6.45, 7) is 2.22. The van der Waals surface area contributed by atoms with Gasteiger partial charge >= 0.3 is 0 Å². The molecular formula is C16H17N2OS. The fourth-order valence-electron chi connectivity index (χ4n) is 2.22. The van der Waals surface area contributed by atoms with Gasteiger partial charge in [-0.25, -0.2) is 4.98 Å². The van der Waals surface area contributed by atoms with Crippen LogP contribution in [0.1, 0.15) is 31.9 Å². The van der Waals surface area contributed by atoms with Crippen LogP contribution < -0.4 is 4.90 Å². The largest absolute Gasteiger partial charge is 0.443 e. The molecule has 1 aliphatic heterocycles. The topological polar surface area (TPSA) is 29.3 Å². The highest BCUT2D eigenvalue weighted by atomic mass is 32.2. The van der Waals surface area contributed by atoms with Gasteiger partial charge in [0.2, 0.25) is 0 Å². The molecule has 0 saturated carbocycles. The van der Waals surface area contributed by atoms with E-state index in [4.69, 9.17) is 4.42 Å². The highest BCUT2D eigenvalue weighted by Crippen LogP contribution is 2.42. The fraction of sp³-hybridized carbons (Fsp3) is 0.312. The molecule has 0 fully saturated rings. The van der Waals surface area contributed by atoms with Crippen molar-refractivity contribution in [2.75, 3.05) is 4.90 Å². The summed E-state index contributed by atoms with van der Waals surface area (Å²) in [5.41, 5.74) is 1.18. The van der Waals surface area contributed by atoms with Crippen LogP contribution in [-0.2, 0) is 0 Å². The number of oxazole rings is 1. The number of aromatic nitrogens is 1. The van der Waals surface area contributed by atoms with Crippen molar-refractivity contribution < 1.29 is 4.42 Å². The third-order valence-electron chi connectivity index (χ3n) is 3.26. The molecule has 0 bridgehead atoms. The number of rotatable bonds is 5. The van der Waals surface area contributed by atoms with Gasteiger partial charge in [-0.1, -0.05) is 49.7 Å². The van der Waals surface area contributed by atoms with Crippen LogP contribution in [0.4, 0.5) is 5.69 Å². The lowest BCUT2D eigenvalue weighted by Gasteiger charge is -2.23. The molecule has 3 nitrogen and oxygen atoms in total. The Morgan fingerprint density at radius 1 is 1.35 bits per heavy atom. The summed E-state index contributed by atoms with van der Waals surface area (Å²) >= 11 is 1.81. The van der Waals surface area contributed by atoms with E-state index in [-0.39, 0.29) is 0 Å². The first-order valence-electron chi connectivity index (χ1n) is 6.92. The van der Waals surface area contributed by atoms with E-state index in [2.05, 4.69) is 47.3 Å². The zero-order chi connectivity index (χ0) is 13.8. The van der Waals surface area contributed by atoms with Crippen LogP contribution in [-0.4, -0.2) is 10.4 Å². The molecule has 0 aliphatic carbocycles. The van der Waals surface area contributed by atoms with Crippen LogP contribution in [0.15, 0.2) is 47.3 Å². The lowest BCUT2D eigenvalue weighted by molar-refractivity contribution is 0.547. The summed E-state index contributed by atoms with van der Waals surface area (Å²) < 4.78 is 5.40. The van der Waals surface area contributed by atoms with Gasteiger partial charge in [-0.2, -0.15) is 0 Å². The first kappa shape index (κ1) is 13.3. The molecule has 1 unspecified atom stereocenters. The van der Waals surface area contributed by atoms with E-state index in [9.17, 15) is 0 Å². The van der Waals surface area contributed by atoms with Gasteiger partial charge in [0.1, 0.15) is 0 Å². The number of hydrogen-bond acceptors (Lipinski definition) is 4. The minimum Gasteiger partial charge on any atom is -0.443 e. The molecule has 103 valence electrons. The highest BCUT2D eigenvalue weighted by Gasteiger charge is 2.28. The molecule has 0 spiro atoms. The van der Waals surface area contributed by atoms with Crippen molar-refractivity contribution >= 4 is 22.4 Å². The van der Waals surface area contributed by atoms with Crippen LogP contribution in [0, 0.1) is 6.20 Å². The lowest BCUT2D eigenvalue weighted by atomic mass is 10.2. The Kier molecular flexibility index (Phi) is 4.11. The van der Waals surface area contributed by atoms with E-state index in [1.54, 1.807) is 6.20 Å². The van der Waals surface area contributed by atoms with Crippen molar-refractivity contribution in [2.45, 2.75) is 31.6 Å². The van der Waals surface area contributed by atoms with Gasteiger partial charge in [-0.3, -0.25) is 0 Å². The number of unbranched alkanes of at least 4 members (excludes halogenated alkanes) is 1. The predicted molar refractivity (Wildman–Crippen MR) is 83.0 cm³/mol. The molecule has 1 atom stereocenters. The van der Waals surface area contributed by atoms with Crippen LogP contribution in [0.25, 0.3) is 4.91 Å². The normalized spacial score (nSPS) is 18.4. The molecule has 2 heterocycles. The number of para-hydroxylation sites is 1. The number of thioether (sulfide) groups is 1. The second kappa shape index (κ2) is 6.18. The van der Waals surface area contributed by atoms with E-state index >= 15 is 0 Å². The van der Waals surface area contributed by atoms with E-state index in [0.717, 1.165) is 17.1 Å². The monoisotopic (exact) mass is 285 g/mol. The predicted octanol–water partition coefficient (Wildman–Crippen LogP) is 4.55. The number of anilines is 1. The van der Waals surface area contributed by atoms with Crippen LogP contribution >= 0.6 is 11.8 Å². The van der Waals surface area contributed by atoms with E-state index in [1.807, 2.05) is 17.8 Å². The summed E-state index contributed by atoms with van der Waals surface area (Å²) in [6, 6.07) is 10.4. The summed E-state index contributed by atoms with van der Waals surface area (Å²) in [6.07, 6.45) is 10.2. The molecule has 1 aliphatic rings. The van der Waals surface area contributed by atoms with Crippen LogP contribution in [0.3, 0.4) is 0 Å². The van der Waals surface area contributed by atoms with Gasteiger partial charge in [0.15, 0.2) is 12.2 Å². The van der Waals surface area contributed by atoms with E-state index in [0.29, 0.717) is 5.37 Å². The van der Waals surface area contributed by atoms with E-state index < -0.39 is 0 Å². The molecule has 1 radical (unpaired) electrons. The summed E-state index contributed by atoms with van der Waals surface area (Å²) in [5.74, 6) is 0.801. The quantitative estimate of drug-likeness (QED) is 0.806. The van der Waals surface area contributed by atoms with E-state index in [1.165, 1.54) is 24.9 Å². The van der Waals surface area contributed by atoms with Crippen molar-refractivity contribution in [3.05, 3.63) is 54.9 Å². The molecule has 0 N–H and O–H groups in total. The zero-order valence-corrected chi connectivity index (χ0v) is 12.3. The summed E-state index contributed by atoms with van der Waals surface area (Å²) in [5, 5.41) is 0.387. The standard InChI is InChI=1S/C16H17N2OS/c1-2-3-9-16-18(13-7-5-4-6-8-13)11-15(20-16)14-10-17-12-19-14/h4-8,10,12,16H,2-3,9H2,1H3. The Morgan fingerprint density at radius 2 is 2.20 bits per heavy atom. The van der Waals surface area contributed by atoms with Gasteiger partial charge < -0.3 is 9.32 Å². The summed E-state index contributed by atoms with van der Waals surface area (Å²) in [4.78, 5) is 7.25. The average molecular weight is 285 g/mol. The zero-order valence-electron chi connectivity index (χ0n) is 11.5. The Bertz CT molecular complexity index is 565. The van der Waals surface area contributed by atoms with Crippen molar-refractivity contribution in [3.63, 3.8) is 0 Å². The van der Waals surface area contributed by atoms with Gasteiger partial charge in [0.25, 0.3) is 0 Å². The Morgan fingerprint density at radius 3 is 2.90 bits per heavy atom. The molecule has 0 amide bonds. The lowest BCUT2D eigenvalue weighted by Crippen LogP contribution is -2.24. The van der Waals surface area contributed by atoms with Gasteiger partial charge in [0.05, 0.1) is 22.7 Å². The number of nitrogens with zero attached hydrogens (tertiary/aromatic N) is 2. The molecule has 0 saturated heterocycles. The van der Waals surface area contributed by atoms with Crippen molar-refractivity contribution in [2.24, 2.45) is 0 Å².